The molecule has 0 saturated heterocycles. The predicted octanol–water partition coefficient (Wildman–Crippen LogP) is 11.2. The van der Waals surface area contributed by atoms with Gasteiger partial charge in [0.25, 0.3) is 0 Å². The summed E-state index contributed by atoms with van der Waals surface area (Å²) in [4.78, 5) is 0. The Morgan fingerprint density at radius 3 is 1.66 bits per heavy atom. The molecule has 2 aliphatic carbocycles. The summed E-state index contributed by atoms with van der Waals surface area (Å²) < 4.78 is 1.42. The number of halogens is 2. The van der Waals surface area contributed by atoms with Crippen molar-refractivity contribution in [2.45, 2.75) is 79.1 Å². The van der Waals surface area contributed by atoms with Crippen LogP contribution in [0, 0.1) is 26.0 Å². The Labute approximate surface area is 294 Å². The van der Waals surface area contributed by atoms with E-state index in [0.717, 1.165) is 12.8 Å². The van der Waals surface area contributed by atoms with Gasteiger partial charge in [-0.1, -0.05) is 71.6 Å². The van der Waals surface area contributed by atoms with Crippen LogP contribution in [0.3, 0.4) is 0 Å². The Balaban J connectivity index is 0.000000273. The summed E-state index contributed by atoms with van der Waals surface area (Å²) >= 11 is 1.46. The molecule has 0 N–H and O–H groups in total. The van der Waals surface area contributed by atoms with Gasteiger partial charge in [-0.3, -0.25) is 6.08 Å². The molecule has 0 nitrogen and oxygen atoms in total. The fourth-order valence-electron chi connectivity index (χ4n) is 5.74. The second-order valence-corrected chi connectivity index (χ2v) is 14.5. The van der Waals surface area contributed by atoms with E-state index in [4.69, 9.17) is 0 Å². The molecule has 0 aliphatic heterocycles. The maximum absolute atomic E-state index is 3.69. The first-order valence-corrected chi connectivity index (χ1v) is 16.2. The fraction of sp³-hybridized carbons (Fsp3) is 0.293. The predicted molar refractivity (Wildman–Crippen MR) is 193 cm³/mol. The summed E-state index contributed by atoms with van der Waals surface area (Å²) in [5.74, 6) is 0. The van der Waals surface area contributed by atoms with Crippen LogP contribution < -0.4 is 0 Å². The third-order valence-corrected chi connectivity index (χ3v) is 9.21. The zero-order valence-corrected chi connectivity index (χ0v) is 31.6. The van der Waals surface area contributed by atoms with E-state index in [-0.39, 0.29) is 35.6 Å². The van der Waals surface area contributed by atoms with Crippen LogP contribution in [0.25, 0.3) is 11.1 Å². The SMILES string of the molecule is Cc1[c-]c2c(cc1C(C)(C)C)-c1cc(C(C)(C)C)c(C)cc1C2.Cl.Cl.[C-]1=CC=CC1.[Zr+2]=[C](c1ccccc1)c1ccccc1. The van der Waals surface area contributed by atoms with Gasteiger partial charge in [0.2, 0.25) is 0 Å². The van der Waals surface area contributed by atoms with Crippen molar-refractivity contribution in [1.82, 2.24) is 0 Å². The van der Waals surface area contributed by atoms with Crippen molar-refractivity contribution in [3.8, 4) is 11.1 Å². The molecule has 0 unspecified atom stereocenters. The number of fused-ring (bicyclic) bond motifs is 3. The first-order valence-electron chi connectivity index (χ1n) is 15.0. The van der Waals surface area contributed by atoms with Crippen molar-refractivity contribution in [3.05, 3.63) is 154 Å². The van der Waals surface area contributed by atoms with E-state index >= 15 is 0 Å². The Kier molecular flexibility index (Phi) is 14.0. The number of hydrogen-bond donors (Lipinski definition) is 0. The van der Waals surface area contributed by atoms with E-state index in [9.17, 15) is 0 Å². The van der Waals surface area contributed by atoms with Crippen molar-refractivity contribution in [2.24, 2.45) is 0 Å². The van der Waals surface area contributed by atoms with Crippen LogP contribution in [0.2, 0.25) is 0 Å². The van der Waals surface area contributed by atoms with Crippen LogP contribution >= 0.6 is 24.8 Å². The Bertz CT molecular complexity index is 1480. The summed E-state index contributed by atoms with van der Waals surface area (Å²) in [6.45, 7) is 18.2. The van der Waals surface area contributed by atoms with Crippen LogP contribution in [0.4, 0.5) is 0 Å². The Hall–Kier alpha value is -2.31. The van der Waals surface area contributed by atoms with E-state index in [1.807, 2.05) is 12.2 Å². The molecular formula is C41H46Cl2Zr. The number of aryl methyl sites for hydroxylation is 2. The molecule has 0 radical (unpaired) electrons. The van der Waals surface area contributed by atoms with Crippen LogP contribution in [-0.4, -0.2) is 3.21 Å². The van der Waals surface area contributed by atoms with Crippen LogP contribution in [-0.2, 0) is 41.5 Å². The quantitative estimate of drug-likeness (QED) is 0.161. The van der Waals surface area contributed by atoms with E-state index in [1.54, 1.807) is 0 Å². The van der Waals surface area contributed by atoms with E-state index < -0.39 is 0 Å². The fourth-order valence-corrected chi connectivity index (χ4v) is 6.56. The van der Waals surface area contributed by atoms with Gasteiger partial charge in [-0.05, 0) is 35.4 Å². The average Bonchev–Trinajstić information content (AvgIpc) is 3.63. The summed E-state index contributed by atoms with van der Waals surface area (Å²) in [7, 11) is 0. The van der Waals surface area contributed by atoms with Crippen molar-refractivity contribution in [1.29, 1.82) is 0 Å². The van der Waals surface area contributed by atoms with Crippen LogP contribution in [0.15, 0.2) is 97.1 Å². The minimum atomic E-state index is 0. The monoisotopic (exact) mass is 698 g/mol. The van der Waals surface area contributed by atoms with Gasteiger partial charge in [0, 0.05) is 0 Å². The summed E-state index contributed by atoms with van der Waals surface area (Å²) in [6, 6.07) is 32.1. The van der Waals surface area contributed by atoms with Gasteiger partial charge in [0.15, 0.2) is 0 Å². The van der Waals surface area contributed by atoms with Gasteiger partial charge in [-0.15, -0.1) is 47.9 Å². The van der Waals surface area contributed by atoms with Crippen LogP contribution in [0.1, 0.15) is 92.5 Å². The minimum absolute atomic E-state index is 0. The van der Waals surface area contributed by atoms with Crippen molar-refractivity contribution in [2.75, 3.05) is 0 Å². The molecular weight excluding hydrogens is 655 g/mol. The summed E-state index contributed by atoms with van der Waals surface area (Å²) in [5.41, 5.74) is 14.3. The molecule has 0 heterocycles. The van der Waals surface area contributed by atoms with Gasteiger partial charge >= 0.3 is 99.2 Å². The molecule has 0 atom stereocenters. The van der Waals surface area contributed by atoms with Gasteiger partial charge < -0.3 is 0 Å². The molecule has 44 heavy (non-hydrogen) atoms. The van der Waals surface area contributed by atoms with Crippen molar-refractivity contribution in [3.63, 3.8) is 0 Å². The van der Waals surface area contributed by atoms with E-state index in [0.29, 0.717) is 0 Å². The van der Waals surface area contributed by atoms with Gasteiger partial charge in [-0.25, -0.2) is 12.2 Å². The molecule has 228 valence electrons. The molecule has 0 fully saturated rings. The molecule has 4 aromatic carbocycles. The molecule has 6 rings (SSSR count). The average molecular weight is 701 g/mol. The molecule has 0 saturated carbocycles. The summed E-state index contributed by atoms with van der Waals surface area (Å²) in [6.07, 6.45) is 11.0. The van der Waals surface area contributed by atoms with Gasteiger partial charge in [0.1, 0.15) is 0 Å². The zero-order chi connectivity index (χ0) is 30.5. The third kappa shape index (κ3) is 9.60. The third-order valence-electron chi connectivity index (χ3n) is 7.79. The summed E-state index contributed by atoms with van der Waals surface area (Å²) in [5, 5.41) is 0. The number of hydrogen-bond acceptors (Lipinski definition) is 0. The number of rotatable bonds is 2. The number of allylic oxidation sites excluding steroid dienone is 4. The molecule has 0 bridgehead atoms. The van der Waals surface area contributed by atoms with Gasteiger partial charge in [0.05, 0.1) is 0 Å². The maximum atomic E-state index is 3.69. The first-order chi connectivity index (χ1) is 19.9. The van der Waals surface area contributed by atoms with E-state index in [2.05, 4.69) is 152 Å². The zero-order valence-electron chi connectivity index (χ0n) is 27.5. The Morgan fingerprint density at radius 2 is 1.23 bits per heavy atom. The molecule has 0 spiro atoms. The van der Waals surface area contributed by atoms with Gasteiger partial charge in [-0.2, -0.15) is 23.8 Å². The molecule has 2 aliphatic rings. The molecule has 0 aromatic heterocycles. The Morgan fingerprint density at radius 1 is 0.705 bits per heavy atom. The second-order valence-electron chi connectivity index (χ2n) is 13.3. The van der Waals surface area contributed by atoms with Crippen molar-refractivity contribution >= 4 is 28.0 Å². The molecule has 0 amide bonds. The second kappa shape index (κ2) is 16.3. The normalized spacial score (nSPS) is 12.4. The topological polar surface area (TPSA) is 0 Å². The number of benzene rings is 4. The first kappa shape index (κ1) is 37.9. The molecule has 4 aromatic rings. The van der Waals surface area contributed by atoms with Crippen molar-refractivity contribution < 1.29 is 24.2 Å². The molecule has 3 heteroatoms. The standard InChI is InChI=1S/C23H29.C13H10.C5H5.2ClH.Zr/c1-14-9-16-11-17-10-15(2)21(23(6,7)8)13-19(17)18(16)12-20(14)22(3,4)5;1-3-7-12(8-4-1)11-13-9-5-2-6-10-13;1-2-4-5-3-1;;;/h9,12-13H,11H2,1-8H3;1-10H;1-3H,4H2;2*1H;/q-1;;-1;;;+2. The van der Waals surface area contributed by atoms with Crippen LogP contribution in [0.5, 0.6) is 0 Å². The van der Waals surface area contributed by atoms with E-state index in [1.165, 1.54) is 83.1 Å².